The SMILES string of the molecule is CC(=O)Nc1ccccc1NC(=O)CN1CCC[C@@H](C(N)=O)C1. The smallest absolute Gasteiger partial charge is 0.238 e. The molecule has 0 aromatic heterocycles. The topological polar surface area (TPSA) is 105 Å². The maximum absolute atomic E-state index is 12.2. The Morgan fingerprint density at radius 2 is 1.87 bits per heavy atom. The molecule has 7 nitrogen and oxygen atoms in total. The van der Waals surface area contributed by atoms with Gasteiger partial charge in [0, 0.05) is 13.5 Å². The molecule has 1 saturated heterocycles. The second-order valence-electron chi connectivity index (χ2n) is 5.75. The Hall–Kier alpha value is -2.41. The highest BCUT2D eigenvalue weighted by Crippen LogP contribution is 2.21. The van der Waals surface area contributed by atoms with Crippen molar-refractivity contribution < 1.29 is 14.4 Å². The lowest BCUT2D eigenvalue weighted by atomic mass is 9.97. The molecule has 0 radical (unpaired) electrons. The van der Waals surface area contributed by atoms with Crippen LogP contribution in [-0.4, -0.2) is 42.3 Å². The lowest BCUT2D eigenvalue weighted by molar-refractivity contribution is -0.125. The Kier molecular flexibility index (Phi) is 5.70. The number of piperidine rings is 1. The van der Waals surface area contributed by atoms with E-state index in [2.05, 4.69) is 10.6 Å². The summed E-state index contributed by atoms with van der Waals surface area (Å²) in [6.07, 6.45) is 1.63. The predicted molar refractivity (Wildman–Crippen MR) is 87.7 cm³/mol. The van der Waals surface area contributed by atoms with E-state index in [4.69, 9.17) is 5.73 Å². The van der Waals surface area contributed by atoms with Crippen molar-refractivity contribution in [2.45, 2.75) is 19.8 Å². The number of hydrogen-bond acceptors (Lipinski definition) is 4. The summed E-state index contributed by atoms with van der Waals surface area (Å²) in [4.78, 5) is 36.6. The average Bonchev–Trinajstić information content (AvgIpc) is 2.49. The van der Waals surface area contributed by atoms with E-state index in [0.717, 1.165) is 19.4 Å². The van der Waals surface area contributed by atoms with Crippen LogP contribution in [0.4, 0.5) is 11.4 Å². The molecule has 4 N–H and O–H groups in total. The fourth-order valence-corrected chi connectivity index (χ4v) is 2.71. The van der Waals surface area contributed by atoms with Gasteiger partial charge in [0.1, 0.15) is 0 Å². The number of likely N-dealkylation sites (tertiary alicyclic amines) is 1. The first-order chi connectivity index (χ1) is 11.0. The van der Waals surface area contributed by atoms with Gasteiger partial charge in [0.05, 0.1) is 23.8 Å². The van der Waals surface area contributed by atoms with Gasteiger partial charge in [-0.3, -0.25) is 19.3 Å². The van der Waals surface area contributed by atoms with Crippen LogP contribution < -0.4 is 16.4 Å². The molecule has 1 aliphatic rings. The van der Waals surface area contributed by atoms with Crippen LogP contribution in [0.15, 0.2) is 24.3 Å². The van der Waals surface area contributed by atoms with Crippen LogP contribution in [0.25, 0.3) is 0 Å². The summed E-state index contributed by atoms with van der Waals surface area (Å²) < 4.78 is 0. The highest BCUT2D eigenvalue weighted by molar-refractivity contribution is 5.99. The number of nitrogens with two attached hydrogens (primary N) is 1. The maximum Gasteiger partial charge on any atom is 0.238 e. The minimum atomic E-state index is -0.314. The second kappa shape index (κ2) is 7.73. The molecule has 124 valence electrons. The first-order valence-corrected chi connectivity index (χ1v) is 7.64. The fraction of sp³-hybridized carbons (Fsp3) is 0.438. The standard InChI is InChI=1S/C16H22N4O3/c1-11(21)18-13-6-2-3-7-14(13)19-15(22)10-20-8-4-5-12(9-20)16(17)23/h2-3,6-7,12H,4-5,8-10H2,1H3,(H2,17,23)(H,18,21)(H,19,22)/t12-/m1/s1. The molecule has 1 aromatic rings. The van der Waals surface area contributed by atoms with Crippen LogP contribution in [0.3, 0.4) is 0 Å². The number of carbonyl (C=O) groups excluding carboxylic acids is 3. The number of nitrogens with one attached hydrogen (secondary N) is 2. The van der Waals surface area contributed by atoms with Gasteiger partial charge < -0.3 is 16.4 Å². The highest BCUT2D eigenvalue weighted by Gasteiger charge is 2.25. The molecular formula is C16H22N4O3. The zero-order valence-corrected chi connectivity index (χ0v) is 13.2. The van der Waals surface area contributed by atoms with Crippen molar-refractivity contribution in [3.63, 3.8) is 0 Å². The Bertz CT molecular complexity index is 603. The number of primary amides is 1. The molecule has 0 saturated carbocycles. The van der Waals surface area contributed by atoms with Crippen LogP contribution >= 0.6 is 0 Å². The molecule has 1 aliphatic heterocycles. The van der Waals surface area contributed by atoms with E-state index >= 15 is 0 Å². The van der Waals surface area contributed by atoms with Crippen molar-refractivity contribution in [1.29, 1.82) is 0 Å². The van der Waals surface area contributed by atoms with Crippen molar-refractivity contribution in [3.8, 4) is 0 Å². The van der Waals surface area contributed by atoms with Crippen LogP contribution in [0.2, 0.25) is 0 Å². The van der Waals surface area contributed by atoms with E-state index in [-0.39, 0.29) is 30.2 Å². The summed E-state index contributed by atoms with van der Waals surface area (Å²) in [6.45, 7) is 2.88. The highest BCUT2D eigenvalue weighted by atomic mass is 16.2. The molecule has 0 spiro atoms. The number of hydrogen-bond donors (Lipinski definition) is 3. The van der Waals surface area contributed by atoms with Crippen LogP contribution in [0, 0.1) is 5.92 Å². The normalized spacial score (nSPS) is 18.2. The quantitative estimate of drug-likeness (QED) is 0.746. The van der Waals surface area contributed by atoms with E-state index < -0.39 is 0 Å². The molecule has 7 heteroatoms. The Balaban J connectivity index is 1.95. The van der Waals surface area contributed by atoms with E-state index in [1.54, 1.807) is 24.3 Å². The van der Waals surface area contributed by atoms with Gasteiger partial charge in [0.25, 0.3) is 0 Å². The minimum Gasteiger partial charge on any atom is -0.369 e. The molecule has 23 heavy (non-hydrogen) atoms. The number of anilines is 2. The van der Waals surface area contributed by atoms with Crippen LogP contribution in [-0.2, 0) is 14.4 Å². The molecule has 1 fully saturated rings. The van der Waals surface area contributed by atoms with Gasteiger partial charge in [-0.25, -0.2) is 0 Å². The zero-order chi connectivity index (χ0) is 16.8. The van der Waals surface area contributed by atoms with Crippen LogP contribution in [0.1, 0.15) is 19.8 Å². The van der Waals surface area contributed by atoms with E-state index in [1.807, 2.05) is 4.90 Å². The number of benzene rings is 1. The lowest BCUT2D eigenvalue weighted by Crippen LogP contribution is -2.44. The maximum atomic E-state index is 12.2. The van der Waals surface area contributed by atoms with Crippen LogP contribution in [0.5, 0.6) is 0 Å². The van der Waals surface area contributed by atoms with Gasteiger partial charge in [0.15, 0.2) is 0 Å². The molecule has 1 aromatic carbocycles. The fourth-order valence-electron chi connectivity index (χ4n) is 2.71. The average molecular weight is 318 g/mol. The number of amides is 3. The van der Waals surface area contributed by atoms with Crippen molar-refractivity contribution in [2.24, 2.45) is 11.7 Å². The third-order valence-corrected chi connectivity index (χ3v) is 3.79. The molecule has 0 aliphatic carbocycles. The summed E-state index contributed by atoms with van der Waals surface area (Å²) in [6, 6.07) is 7.01. The number of rotatable bonds is 5. The van der Waals surface area contributed by atoms with E-state index in [0.29, 0.717) is 17.9 Å². The molecule has 0 unspecified atom stereocenters. The number of carbonyl (C=O) groups is 3. The molecule has 0 bridgehead atoms. The second-order valence-corrected chi connectivity index (χ2v) is 5.75. The molecule has 3 amide bonds. The zero-order valence-electron chi connectivity index (χ0n) is 13.2. The first-order valence-electron chi connectivity index (χ1n) is 7.64. The lowest BCUT2D eigenvalue weighted by Gasteiger charge is -2.30. The summed E-state index contributed by atoms with van der Waals surface area (Å²) >= 11 is 0. The van der Waals surface area contributed by atoms with Crippen molar-refractivity contribution >= 4 is 29.1 Å². The Morgan fingerprint density at radius 3 is 2.48 bits per heavy atom. The molecular weight excluding hydrogens is 296 g/mol. The third kappa shape index (κ3) is 5.07. The first kappa shape index (κ1) is 17.0. The molecule has 2 rings (SSSR count). The van der Waals surface area contributed by atoms with Gasteiger partial charge in [-0.15, -0.1) is 0 Å². The largest absolute Gasteiger partial charge is 0.369 e. The predicted octanol–water partition coefficient (Wildman–Crippen LogP) is 0.781. The summed E-state index contributed by atoms with van der Waals surface area (Å²) in [5, 5.41) is 5.47. The monoisotopic (exact) mass is 318 g/mol. The Labute approximate surface area is 135 Å². The van der Waals surface area contributed by atoms with Gasteiger partial charge >= 0.3 is 0 Å². The van der Waals surface area contributed by atoms with Gasteiger partial charge in [-0.2, -0.15) is 0 Å². The van der Waals surface area contributed by atoms with Gasteiger partial charge in [-0.05, 0) is 31.5 Å². The third-order valence-electron chi connectivity index (χ3n) is 3.79. The molecule has 1 atom stereocenters. The van der Waals surface area contributed by atoms with Gasteiger partial charge in [0.2, 0.25) is 17.7 Å². The van der Waals surface area contributed by atoms with Crippen molar-refractivity contribution in [3.05, 3.63) is 24.3 Å². The summed E-state index contributed by atoms with van der Waals surface area (Å²) in [5.41, 5.74) is 6.45. The number of para-hydroxylation sites is 2. The summed E-state index contributed by atoms with van der Waals surface area (Å²) in [5.74, 6) is -0.894. The minimum absolute atomic E-state index is 0.187. The summed E-state index contributed by atoms with van der Waals surface area (Å²) in [7, 11) is 0. The van der Waals surface area contributed by atoms with E-state index in [1.165, 1.54) is 6.92 Å². The van der Waals surface area contributed by atoms with E-state index in [9.17, 15) is 14.4 Å². The molecule has 1 heterocycles. The van der Waals surface area contributed by atoms with Gasteiger partial charge in [-0.1, -0.05) is 12.1 Å². The Morgan fingerprint density at radius 1 is 1.22 bits per heavy atom. The van der Waals surface area contributed by atoms with Crippen molar-refractivity contribution in [1.82, 2.24) is 4.90 Å². The number of nitrogens with zero attached hydrogens (tertiary/aromatic N) is 1. The van der Waals surface area contributed by atoms with Crippen molar-refractivity contribution in [2.75, 3.05) is 30.3 Å².